The number of aliphatic hydroxyl groups is 2. The van der Waals surface area contributed by atoms with Crippen LogP contribution in [0.25, 0.3) is 5.76 Å². The molecule has 1 aromatic carbocycles. The van der Waals surface area contributed by atoms with Crippen molar-refractivity contribution in [3.05, 3.63) is 40.0 Å². The summed E-state index contributed by atoms with van der Waals surface area (Å²) in [5, 5.41) is 20.0. The SMILES string of the molecule is CC1(O)CCCc2c1ccc1c2C(=O)C(=O)C2=C1OCC2CO. The third-order valence-electron chi connectivity index (χ3n) is 5.21. The van der Waals surface area contributed by atoms with Crippen LogP contribution in [-0.4, -0.2) is 35.0 Å². The summed E-state index contributed by atoms with van der Waals surface area (Å²) in [7, 11) is 0. The lowest BCUT2D eigenvalue weighted by Crippen LogP contribution is -2.32. The van der Waals surface area contributed by atoms with Crippen molar-refractivity contribution in [2.24, 2.45) is 5.92 Å². The van der Waals surface area contributed by atoms with Gasteiger partial charge in [-0.3, -0.25) is 9.59 Å². The van der Waals surface area contributed by atoms with Gasteiger partial charge in [0.25, 0.3) is 0 Å². The smallest absolute Gasteiger partial charge is 0.234 e. The molecule has 0 spiro atoms. The first-order valence-corrected chi connectivity index (χ1v) is 7.91. The molecule has 0 aromatic heterocycles. The molecule has 0 saturated heterocycles. The topological polar surface area (TPSA) is 83.8 Å². The van der Waals surface area contributed by atoms with Crippen molar-refractivity contribution in [2.45, 2.75) is 31.8 Å². The van der Waals surface area contributed by atoms with E-state index in [9.17, 15) is 19.8 Å². The molecule has 120 valence electrons. The van der Waals surface area contributed by atoms with Crippen LogP contribution in [0.15, 0.2) is 17.7 Å². The van der Waals surface area contributed by atoms with Crippen LogP contribution in [0.3, 0.4) is 0 Å². The molecule has 1 aliphatic heterocycles. The Balaban J connectivity index is 1.98. The molecule has 0 radical (unpaired) electrons. The van der Waals surface area contributed by atoms with Gasteiger partial charge in [-0.15, -0.1) is 0 Å². The number of rotatable bonds is 1. The number of carbonyl (C=O) groups excluding carboxylic acids is 2. The molecule has 0 amide bonds. The van der Waals surface area contributed by atoms with Crippen LogP contribution in [0.5, 0.6) is 0 Å². The van der Waals surface area contributed by atoms with Crippen molar-refractivity contribution >= 4 is 17.3 Å². The molecule has 5 nitrogen and oxygen atoms in total. The highest BCUT2D eigenvalue weighted by atomic mass is 16.5. The third kappa shape index (κ3) is 1.87. The number of hydrogen-bond donors (Lipinski definition) is 2. The Bertz CT molecular complexity index is 772. The summed E-state index contributed by atoms with van der Waals surface area (Å²) in [5.74, 6) is -1.13. The van der Waals surface area contributed by atoms with Crippen LogP contribution >= 0.6 is 0 Å². The van der Waals surface area contributed by atoms with Crippen molar-refractivity contribution < 1.29 is 24.5 Å². The summed E-state index contributed by atoms with van der Waals surface area (Å²) in [4.78, 5) is 25.2. The van der Waals surface area contributed by atoms with E-state index < -0.39 is 23.1 Å². The van der Waals surface area contributed by atoms with Gasteiger partial charge in [-0.2, -0.15) is 0 Å². The fourth-order valence-corrected chi connectivity index (χ4v) is 4.03. The van der Waals surface area contributed by atoms with E-state index in [1.807, 2.05) is 6.07 Å². The van der Waals surface area contributed by atoms with Gasteiger partial charge in [0.2, 0.25) is 11.6 Å². The van der Waals surface area contributed by atoms with E-state index in [0.717, 1.165) is 17.5 Å². The summed E-state index contributed by atoms with van der Waals surface area (Å²) in [6.45, 7) is 1.74. The van der Waals surface area contributed by atoms with Gasteiger partial charge in [-0.1, -0.05) is 12.1 Å². The molecule has 4 rings (SSSR count). The minimum absolute atomic E-state index is 0.215. The molecule has 1 aromatic rings. The van der Waals surface area contributed by atoms with E-state index in [1.54, 1.807) is 13.0 Å². The number of fused-ring (bicyclic) bond motifs is 4. The highest BCUT2D eigenvalue weighted by Crippen LogP contribution is 2.44. The average molecular weight is 314 g/mol. The van der Waals surface area contributed by atoms with Crippen LogP contribution < -0.4 is 0 Å². The van der Waals surface area contributed by atoms with Crippen LogP contribution in [0.4, 0.5) is 0 Å². The quantitative estimate of drug-likeness (QED) is 0.764. The zero-order chi connectivity index (χ0) is 16.4. The first kappa shape index (κ1) is 14.6. The monoisotopic (exact) mass is 314 g/mol. The van der Waals surface area contributed by atoms with Crippen LogP contribution in [0, 0.1) is 5.92 Å². The number of carbonyl (C=O) groups is 2. The van der Waals surface area contributed by atoms with Gasteiger partial charge >= 0.3 is 0 Å². The molecule has 5 heteroatoms. The zero-order valence-electron chi connectivity index (χ0n) is 12.9. The molecule has 3 aliphatic rings. The number of aliphatic hydroxyl groups excluding tert-OH is 1. The average Bonchev–Trinajstić information content (AvgIpc) is 2.95. The molecule has 0 bridgehead atoms. The Morgan fingerprint density at radius 3 is 2.83 bits per heavy atom. The van der Waals surface area contributed by atoms with E-state index >= 15 is 0 Å². The lowest BCUT2D eigenvalue weighted by molar-refractivity contribution is -0.112. The number of ether oxygens (including phenoxy) is 1. The normalized spacial score (nSPS) is 29.1. The third-order valence-corrected chi connectivity index (χ3v) is 5.21. The van der Waals surface area contributed by atoms with Gasteiger partial charge in [0.05, 0.1) is 24.4 Å². The van der Waals surface area contributed by atoms with Gasteiger partial charge in [0, 0.05) is 17.0 Å². The standard InChI is InChI=1S/C18H18O5/c1-18(22)6-2-3-10-12(18)5-4-11-14(10)16(21)15(20)13-9(7-19)8-23-17(11)13/h4-5,9,19,22H,2-3,6-8H2,1H3. The number of hydrogen-bond acceptors (Lipinski definition) is 5. The molecule has 2 N–H and O–H groups in total. The highest BCUT2D eigenvalue weighted by Gasteiger charge is 2.44. The number of Topliss-reactive ketones (excluding diaryl/α,β-unsaturated/α-hetero) is 2. The maximum absolute atomic E-state index is 12.7. The van der Waals surface area contributed by atoms with Crippen molar-refractivity contribution in [2.75, 3.05) is 13.2 Å². The Hall–Kier alpha value is -1.98. The molecule has 2 aliphatic carbocycles. The van der Waals surface area contributed by atoms with Gasteiger partial charge in [-0.25, -0.2) is 0 Å². The largest absolute Gasteiger partial charge is 0.492 e. The molecular weight excluding hydrogens is 296 g/mol. The molecule has 0 fully saturated rings. The Kier molecular flexibility index (Phi) is 3.02. The Morgan fingerprint density at radius 1 is 1.30 bits per heavy atom. The van der Waals surface area contributed by atoms with Crippen LogP contribution in [0.1, 0.15) is 46.8 Å². The number of ketones is 2. The molecule has 0 saturated carbocycles. The predicted octanol–water partition coefficient (Wildman–Crippen LogP) is 1.35. The van der Waals surface area contributed by atoms with E-state index in [0.29, 0.717) is 35.3 Å². The number of benzene rings is 1. The summed E-state index contributed by atoms with van der Waals surface area (Å²) in [5.41, 5.74) is 1.81. The van der Waals surface area contributed by atoms with E-state index in [-0.39, 0.29) is 13.2 Å². The highest BCUT2D eigenvalue weighted by molar-refractivity contribution is 6.52. The molecule has 2 unspecified atom stereocenters. The molecule has 23 heavy (non-hydrogen) atoms. The lowest BCUT2D eigenvalue weighted by atomic mass is 9.73. The predicted molar refractivity (Wildman–Crippen MR) is 81.7 cm³/mol. The maximum Gasteiger partial charge on any atom is 0.234 e. The second kappa shape index (κ2) is 4.76. The fraction of sp³-hybridized carbons (Fsp3) is 0.444. The first-order chi connectivity index (χ1) is 11.0. The van der Waals surface area contributed by atoms with Crippen molar-refractivity contribution in [3.8, 4) is 0 Å². The Morgan fingerprint density at radius 2 is 2.09 bits per heavy atom. The van der Waals surface area contributed by atoms with Crippen molar-refractivity contribution in [3.63, 3.8) is 0 Å². The second-order valence-electron chi connectivity index (χ2n) is 6.73. The summed E-state index contributed by atoms with van der Waals surface area (Å²) in [6, 6.07) is 3.59. The summed E-state index contributed by atoms with van der Waals surface area (Å²) >= 11 is 0. The van der Waals surface area contributed by atoms with Crippen LogP contribution in [0.2, 0.25) is 0 Å². The van der Waals surface area contributed by atoms with E-state index in [4.69, 9.17) is 4.74 Å². The minimum atomic E-state index is -0.981. The molecule has 1 heterocycles. The first-order valence-electron chi connectivity index (χ1n) is 7.91. The van der Waals surface area contributed by atoms with E-state index in [1.165, 1.54) is 0 Å². The zero-order valence-corrected chi connectivity index (χ0v) is 12.9. The summed E-state index contributed by atoms with van der Waals surface area (Å²) in [6.07, 6.45) is 2.07. The lowest BCUT2D eigenvalue weighted by Gasteiger charge is -2.33. The maximum atomic E-state index is 12.7. The van der Waals surface area contributed by atoms with Gasteiger partial charge < -0.3 is 14.9 Å². The van der Waals surface area contributed by atoms with Crippen molar-refractivity contribution in [1.29, 1.82) is 0 Å². The molecule has 2 atom stereocenters. The fourth-order valence-electron chi connectivity index (χ4n) is 4.03. The van der Waals surface area contributed by atoms with Crippen LogP contribution in [-0.2, 0) is 21.6 Å². The van der Waals surface area contributed by atoms with Gasteiger partial charge in [-0.05, 0) is 37.3 Å². The molecular formula is C18H18O5. The Labute approximate surface area is 133 Å². The minimum Gasteiger partial charge on any atom is -0.492 e. The van der Waals surface area contributed by atoms with Crippen molar-refractivity contribution in [1.82, 2.24) is 0 Å². The van der Waals surface area contributed by atoms with Gasteiger partial charge in [0.15, 0.2) is 0 Å². The summed E-state index contributed by atoms with van der Waals surface area (Å²) < 4.78 is 5.63. The van der Waals surface area contributed by atoms with E-state index in [2.05, 4.69) is 0 Å². The van der Waals surface area contributed by atoms with Gasteiger partial charge in [0.1, 0.15) is 5.76 Å². The second-order valence-corrected chi connectivity index (χ2v) is 6.73.